The van der Waals surface area contributed by atoms with Crippen molar-refractivity contribution in [3.8, 4) is 6.07 Å². The Kier molecular flexibility index (Phi) is 5.23. The van der Waals surface area contributed by atoms with Gasteiger partial charge in [0.2, 0.25) is 0 Å². The van der Waals surface area contributed by atoms with Crippen molar-refractivity contribution in [1.29, 1.82) is 5.26 Å². The van der Waals surface area contributed by atoms with Gasteiger partial charge in [-0.3, -0.25) is 0 Å². The first-order valence-electron chi connectivity index (χ1n) is 5.26. The highest BCUT2D eigenvalue weighted by Crippen LogP contribution is 2.29. The lowest BCUT2D eigenvalue weighted by Crippen LogP contribution is -2.28. The van der Waals surface area contributed by atoms with Gasteiger partial charge in [-0.25, -0.2) is 0 Å². The molecule has 1 aromatic carbocycles. The van der Waals surface area contributed by atoms with E-state index < -0.39 is 6.10 Å². The monoisotopic (exact) mass is 272 g/mol. The molecule has 92 valence electrons. The van der Waals surface area contributed by atoms with Crippen LogP contribution < -0.4 is 5.32 Å². The summed E-state index contributed by atoms with van der Waals surface area (Å²) >= 11 is 11.9. The predicted octanol–water partition coefficient (Wildman–Crippen LogP) is 2.90. The zero-order chi connectivity index (χ0) is 13.0. The third-order valence-electron chi connectivity index (χ3n) is 2.26. The Bertz CT molecular complexity index is 441. The van der Waals surface area contributed by atoms with E-state index in [1.165, 1.54) is 6.07 Å². The second kappa shape index (κ2) is 6.23. The molecule has 0 aliphatic carbocycles. The van der Waals surface area contributed by atoms with Gasteiger partial charge in [-0.05, 0) is 12.1 Å². The average molecular weight is 273 g/mol. The van der Waals surface area contributed by atoms with Crippen LogP contribution in [0.25, 0.3) is 0 Å². The van der Waals surface area contributed by atoms with Gasteiger partial charge < -0.3 is 10.4 Å². The number of aliphatic hydroxyl groups excluding tert-OH is 1. The van der Waals surface area contributed by atoms with Crippen LogP contribution >= 0.6 is 23.2 Å². The number of rotatable bonds is 4. The van der Waals surface area contributed by atoms with Crippen molar-refractivity contribution in [2.45, 2.75) is 26.0 Å². The van der Waals surface area contributed by atoms with Gasteiger partial charge in [0.05, 0.1) is 16.7 Å². The normalized spacial score (nSPS) is 12.5. The van der Waals surface area contributed by atoms with Crippen LogP contribution in [0.4, 0.5) is 0 Å². The van der Waals surface area contributed by atoms with Crippen LogP contribution in [0.5, 0.6) is 0 Å². The molecule has 0 saturated heterocycles. The van der Waals surface area contributed by atoms with Crippen molar-refractivity contribution >= 4 is 23.2 Å². The highest BCUT2D eigenvalue weighted by Gasteiger charge is 2.16. The minimum Gasteiger partial charge on any atom is -0.387 e. The molecule has 0 fully saturated rings. The largest absolute Gasteiger partial charge is 0.387 e. The first-order valence-corrected chi connectivity index (χ1v) is 6.01. The number of benzene rings is 1. The van der Waals surface area contributed by atoms with Crippen LogP contribution in [-0.2, 0) is 0 Å². The molecule has 2 N–H and O–H groups in total. The minimum atomic E-state index is -0.782. The van der Waals surface area contributed by atoms with Crippen LogP contribution in [0.1, 0.15) is 31.1 Å². The van der Waals surface area contributed by atoms with Crippen LogP contribution in [0.2, 0.25) is 10.0 Å². The van der Waals surface area contributed by atoms with Gasteiger partial charge in [-0.1, -0.05) is 37.0 Å². The van der Waals surface area contributed by atoms with E-state index in [-0.39, 0.29) is 16.6 Å². The lowest BCUT2D eigenvalue weighted by Gasteiger charge is -2.16. The van der Waals surface area contributed by atoms with Crippen molar-refractivity contribution < 1.29 is 5.11 Å². The fraction of sp³-hybridized carbons (Fsp3) is 0.417. The molecule has 17 heavy (non-hydrogen) atoms. The zero-order valence-electron chi connectivity index (χ0n) is 9.67. The van der Waals surface area contributed by atoms with Crippen LogP contribution in [-0.4, -0.2) is 17.7 Å². The average Bonchev–Trinajstić information content (AvgIpc) is 2.28. The number of nitriles is 1. The second-order valence-electron chi connectivity index (χ2n) is 4.05. The quantitative estimate of drug-likeness (QED) is 0.886. The lowest BCUT2D eigenvalue weighted by atomic mass is 10.1. The summed E-state index contributed by atoms with van der Waals surface area (Å²) in [7, 11) is 0. The molecule has 0 aliphatic heterocycles. The molecule has 1 rings (SSSR count). The Balaban J connectivity index is 2.97. The topological polar surface area (TPSA) is 56.0 Å². The van der Waals surface area contributed by atoms with Gasteiger partial charge in [0.15, 0.2) is 0 Å². The third kappa shape index (κ3) is 3.86. The van der Waals surface area contributed by atoms with E-state index in [1.54, 1.807) is 6.07 Å². The maximum atomic E-state index is 9.98. The zero-order valence-corrected chi connectivity index (χ0v) is 11.2. The Morgan fingerprint density at radius 1 is 1.41 bits per heavy atom. The van der Waals surface area contributed by atoms with Crippen molar-refractivity contribution in [3.05, 3.63) is 33.3 Å². The number of aliphatic hydroxyl groups is 1. The summed E-state index contributed by atoms with van der Waals surface area (Å²) in [6.45, 7) is 4.32. The maximum Gasteiger partial charge on any atom is 0.101 e. The Morgan fingerprint density at radius 3 is 2.59 bits per heavy atom. The van der Waals surface area contributed by atoms with E-state index in [0.717, 1.165) is 0 Å². The fourth-order valence-corrected chi connectivity index (χ4v) is 1.90. The first kappa shape index (κ1) is 14.3. The van der Waals surface area contributed by atoms with Gasteiger partial charge in [0.25, 0.3) is 0 Å². The molecule has 3 nitrogen and oxygen atoms in total. The molecule has 1 atom stereocenters. The molecular formula is C12H14Cl2N2O. The van der Waals surface area contributed by atoms with Crippen molar-refractivity contribution in [2.75, 3.05) is 6.54 Å². The highest BCUT2D eigenvalue weighted by atomic mass is 35.5. The maximum absolute atomic E-state index is 9.98. The molecule has 0 aliphatic rings. The summed E-state index contributed by atoms with van der Waals surface area (Å²) in [5.41, 5.74) is 0.752. The fourth-order valence-electron chi connectivity index (χ4n) is 1.39. The van der Waals surface area contributed by atoms with Crippen LogP contribution in [0.3, 0.4) is 0 Å². The van der Waals surface area contributed by atoms with E-state index in [4.69, 9.17) is 28.5 Å². The van der Waals surface area contributed by atoms with Gasteiger partial charge in [0.1, 0.15) is 6.07 Å². The number of halogens is 2. The van der Waals surface area contributed by atoms with E-state index >= 15 is 0 Å². The second-order valence-corrected chi connectivity index (χ2v) is 4.86. The third-order valence-corrected chi connectivity index (χ3v) is 2.90. The number of nitrogens with zero attached hydrogens (tertiary/aromatic N) is 1. The van der Waals surface area contributed by atoms with E-state index in [0.29, 0.717) is 17.1 Å². The summed E-state index contributed by atoms with van der Waals surface area (Å²) in [5, 5.41) is 22.6. The van der Waals surface area contributed by atoms with Crippen LogP contribution in [0, 0.1) is 11.3 Å². The molecule has 1 aromatic rings. The van der Waals surface area contributed by atoms with E-state index in [1.807, 2.05) is 19.9 Å². The van der Waals surface area contributed by atoms with Gasteiger partial charge >= 0.3 is 0 Å². The predicted molar refractivity (Wildman–Crippen MR) is 69.3 cm³/mol. The molecule has 0 radical (unpaired) electrons. The Morgan fingerprint density at radius 2 is 2.06 bits per heavy atom. The molecule has 0 aromatic heterocycles. The molecule has 0 saturated carbocycles. The number of hydrogen-bond acceptors (Lipinski definition) is 3. The summed E-state index contributed by atoms with van der Waals surface area (Å²) in [5.74, 6) is 0. The van der Waals surface area contributed by atoms with Crippen molar-refractivity contribution in [2.24, 2.45) is 0 Å². The summed E-state index contributed by atoms with van der Waals surface area (Å²) in [6.07, 6.45) is -0.782. The Hall–Kier alpha value is -0.790. The minimum absolute atomic E-state index is 0.259. The van der Waals surface area contributed by atoms with E-state index in [9.17, 15) is 5.11 Å². The summed E-state index contributed by atoms with van der Waals surface area (Å²) in [6, 6.07) is 5.27. The van der Waals surface area contributed by atoms with Gasteiger partial charge in [-0.2, -0.15) is 5.26 Å². The standard InChI is InChI=1S/C12H14Cl2N2O/c1-7(2)16-6-11(17)10-4-9(13)3-8(5-15)12(10)14/h3-4,7,11,16-17H,6H2,1-2H3. The number of nitrogens with one attached hydrogen (secondary N) is 1. The van der Waals surface area contributed by atoms with E-state index in [2.05, 4.69) is 5.32 Å². The molecule has 0 bridgehead atoms. The SMILES string of the molecule is CC(C)NCC(O)c1cc(Cl)cc(C#N)c1Cl. The van der Waals surface area contributed by atoms with Crippen LogP contribution in [0.15, 0.2) is 12.1 Å². The molecule has 0 amide bonds. The van der Waals surface area contributed by atoms with Crippen molar-refractivity contribution in [3.63, 3.8) is 0 Å². The number of hydrogen-bond donors (Lipinski definition) is 2. The molecule has 0 heterocycles. The highest BCUT2D eigenvalue weighted by molar-refractivity contribution is 6.34. The summed E-state index contributed by atoms with van der Waals surface area (Å²) < 4.78 is 0. The molecular weight excluding hydrogens is 259 g/mol. The Labute approximate surface area is 111 Å². The van der Waals surface area contributed by atoms with Gasteiger partial charge in [-0.15, -0.1) is 0 Å². The van der Waals surface area contributed by atoms with Gasteiger partial charge in [0, 0.05) is 23.2 Å². The first-order chi connectivity index (χ1) is 7.95. The lowest BCUT2D eigenvalue weighted by molar-refractivity contribution is 0.171. The van der Waals surface area contributed by atoms with Crippen molar-refractivity contribution in [1.82, 2.24) is 5.32 Å². The summed E-state index contributed by atoms with van der Waals surface area (Å²) in [4.78, 5) is 0. The molecule has 5 heteroatoms. The molecule has 1 unspecified atom stereocenters. The molecule has 0 spiro atoms. The smallest absolute Gasteiger partial charge is 0.101 e.